The second kappa shape index (κ2) is 5.83. The van der Waals surface area contributed by atoms with E-state index in [1.807, 2.05) is 0 Å². The summed E-state index contributed by atoms with van der Waals surface area (Å²) in [6.45, 7) is 1.73. The third-order valence-electron chi connectivity index (χ3n) is 2.66. The summed E-state index contributed by atoms with van der Waals surface area (Å²) in [6.07, 6.45) is 3.09. The molecule has 2 rings (SSSR count). The number of hydrogen-bond donors (Lipinski definition) is 3. The predicted molar refractivity (Wildman–Crippen MR) is 75.0 cm³/mol. The van der Waals surface area contributed by atoms with Gasteiger partial charge in [0.15, 0.2) is 0 Å². The van der Waals surface area contributed by atoms with Crippen LogP contribution in [0.1, 0.15) is 15.9 Å². The smallest absolute Gasteiger partial charge is 0.337 e. The molecule has 2 aromatic rings. The normalized spacial score (nSPS) is 9.85. The lowest BCUT2D eigenvalue weighted by atomic mass is 10.1. The molecule has 0 unspecified atom stereocenters. The molecule has 0 saturated carbocycles. The van der Waals surface area contributed by atoms with E-state index in [2.05, 4.69) is 15.6 Å². The Morgan fingerprint density at radius 1 is 1.15 bits per heavy atom. The first kappa shape index (κ1) is 13.5. The molecule has 0 atom stereocenters. The van der Waals surface area contributed by atoms with Crippen LogP contribution in [-0.2, 0) is 0 Å². The lowest BCUT2D eigenvalue weighted by molar-refractivity contribution is 0.0698. The number of nitrogens with zero attached hydrogens (tertiary/aromatic N) is 1. The molecule has 0 fully saturated rings. The van der Waals surface area contributed by atoms with Crippen molar-refractivity contribution in [2.24, 2.45) is 0 Å². The Balaban J connectivity index is 2.18. The maximum atomic E-state index is 11.9. The molecule has 0 saturated heterocycles. The summed E-state index contributed by atoms with van der Waals surface area (Å²) in [5.74, 6) is -1.09. The number of aromatic nitrogens is 1. The number of pyridine rings is 1. The average Bonchev–Trinajstić information content (AvgIpc) is 2.42. The number of aryl methyl sites for hydroxylation is 1. The van der Waals surface area contributed by atoms with Gasteiger partial charge in [0.2, 0.25) is 0 Å². The van der Waals surface area contributed by atoms with Crippen LogP contribution < -0.4 is 10.6 Å². The van der Waals surface area contributed by atoms with Gasteiger partial charge in [0, 0.05) is 6.20 Å². The highest BCUT2D eigenvalue weighted by Crippen LogP contribution is 2.20. The summed E-state index contributed by atoms with van der Waals surface area (Å²) in [7, 11) is 0. The first-order valence-corrected chi connectivity index (χ1v) is 5.89. The molecule has 6 heteroatoms. The van der Waals surface area contributed by atoms with Crippen LogP contribution in [0.25, 0.3) is 0 Å². The van der Waals surface area contributed by atoms with Crippen molar-refractivity contribution in [2.75, 3.05) is 10.6 Å². The molecule has 1 aromatic heterocycles. The number of carboxylic acid groups (broad SMARTS) is 1. The fourth-order valence-electron chi connectivity index (χ4n) is 1.72. The van der Waals surface area contributed by atoms with Gasteiger partial charge in [0.05, 0.1) is 23.1 Å². The van der Waals surface area contributed by atoms with Gasteiger partial charge in [-0.2, -0.15) is 0 Å². The number of amides is 2. The number of rotatable bonds is 3. The molecule has 1 aromatic carbocycles. The number of hydrogen-bond acceptors (Lipinski definition) is 3. The summed E-state index contributed by atoms with van der Waals surface area (Å²) in [5, 5.41) is 14.2. The number of urea groups is 1. The quantitative estimate of drug-likeness (QED) is 0.800. The fraction of sp³-hybridized carbons (Fsp3) is 0.0714. The highest BCUT2D eigenvalue weighted by atomic mass is 16.4. The van der Waals surface area contributed by atoms with Crippen molar-refractivity contribution >= 4 is 23.4 Å². The van der Waals surface area contributed by atoms with E-state index in [1.54, 1.807) is 37.4 Å². The molecule has 0 radical (unpaired) electrons. The molecular formula is C14H13N3O3. The maximum Gasteiger partial charge on any atom is 0.337 e. The molecule has 1 heterocycles. The second-order valence-corrected chi connectivity index (χ2v) is 4.12. The highest BCUT2D eigenvalue weighted by Gasteiger charge is 2.14. The third-order valence-corrected chi connectivity index (χ3v) is 2.66. The van der Waals surface area contributed by atoms with Gasteiger partial charge in [-0.15, -0.1) is 0 Å². The Bertz CT molecular complexity index is 641. The van der Waals surface area contributed by atoms with Gasteiger partial charge in [0.25, 0.3) is 0 Å². The highest BCUT2D eigenvalue weighted by molar-refractivity contribution is 6.05. The van der Waals surface area contributed by atoms with Crippen molar-refractivity contribution in [1.82, 2.24) is 4.98 Å². The Morgan fingerprint density at radius 3 is 2.60 bits per heavy atom. The molecule has 0 aliphatic rings. The van der Waals surface area contributed by atoms with Crippen molar-refractivity contribution in [2.45, 2.75) is 6.92 Å². The van der Waals surface area contributed by atoms with E-state index >= 15 is 0 Å². The minimum Gasteiger partial charge on any atom is -0.478 e. The van der Waals surface area contributed by atoms with E-state index < -0.39 is 12.0 Å². The zero-order chi connectivity index (χ0) is 14.5. The van der Waals surface area contributed by atoms with E-state index in [1.165, 1.54) is 12.3 Å². The first-order chi connectivity index (χ1) is 9.58. The van der Waals surface area contributed by atoms with Gasteiger partial charge in [-0.1, -0.05) is 12.1 Å². The van der Waals surface area contributed by atoms with Gasteiger partial charge in [-0.3, -0.25) is 4.98 Å². The predicted octanol–water partition coefficient (Wildman–Crippen LogP) is 2.73. The van der Waals surface area contributed by atoms with Crippen molar-refractivity contribution < 1.29 is 14.7 Å². The molecule has 0 aliphatic heterocycles. The number of carbonyl (C=O) groups excluding carboxylic acids is 1. The zero-order valence-corrected chi connectivity index (χ0v) is 10.8. The molecule has 0 aliphatic carbocycles. The van der Waals surface area contributed by atoms with Crippen LogP contribution in [0.4, 0.5) is 16.2 Å². The van der Waals surface area contributed by atoms with Crippen LogP contribution in [0.3, 0.4) is 0 Å². The Hall–Kier alpha value is -2.89. The molecular weight excluding hydrogens is 258 g/mol. The van der Waals surface area contributed by atoms with Gasteiger partial charge >= 0.3 is 12.0 Å². The summed E-state index contributed by atoms with van der Waals surface area (Å²) in [6, 6.07) is 7.65. The number of carbonyl (C=O) groups is 2. The Morgan fingerprint density at radius 2 is 1.95 bits per heavy atom. The lowest BCUT2D eigenvalue weighted by Gasteiger charge is -2.12. The number of para-hydroxylation sites is 1. The van der Waals surface area contributed by atoms with E-state index in [4.69, 9.17) is 5.11 Å². The Labute approximate surface area is 115 Å². The number of aromatic carboxylic acids is 1. The van der Waals surface area contributed by atoms with Gasteiger partial charge < -0.3 is 15.7 Å². The number of benzene rings is 1. The van der Waals surface area contributed by atoms with Gasteiger partial charge in [-0.05, 0) is 30.7 Å². The summed E-state index contributed by atoms with van der Waals surface area (Å²) < 4.78 is 0. The SMILES string of the molecule is Cc1cccc(C(=O)O)c1NC(=O)Nc1cccnc1. The van der Waals surface area contributed by atoms with Crippen LogP contribution in [0.5, 0.6) is 0 Å². The monoisotopic (exact) mass is 271 g/mol. The van der Waals surface area contributed by atoms with Crippen molar-refractivity contribution in [1.29, 1.82) is 0 Å². The lowest BCUT2D eigenvalue weighted by Crippen LogP contribution is -2.21. The van der Waals surface area contributed by atoms with Gasteiger partial charge in [-0.25, -0.2) is 9.59 Å². The van der Waals surface area contributed by atoms with E-state index in [9.17, 15) is 9.59 Å². The largest absolute Gasteiger partial charge is 0.478 e. The van der Waals surface area contributed by atoms with E-state index in [-0.39, 0.29) is 11.3 Å². The van der Waals surface area contributed by atoms with Crippen molar-refractivity contribution in [3.63, 3.8) is 0 Å². The number of carboxylic acids is 1. The molecule has 3 N–H and O–H groups in total. The molecule has 20 heavy (non-hydrogen) atoms. The van der Waals surface area contributed by atoms with E-state index in [0.717, 1.165) is 0 Å². The van der Waals surface area contributed by atoms with Crippen LogP contribution >= 0.6 is 0 Å². The molecule has 0 spiro atoms. The van der Waals surface area contributed by atoms with E-state index in [0.29, 0.717) is 11.3 Å². The number of nitrogens with one attached hydrogen (secondary N) is 2. The van der Waals surface area contributed by atoms with Crippen LogP contribution in [-0.4, -0.2) is 22.1 Å². The second-order valence-electron chi connectivity index (χ2n) is 4.12. The average molecular weight is 271 g/mol. The third kappa shape index (κ3) is 3.11. The fourth-order valence-corrected chi connectivity index (χ4v) is 1.72. The molecule has 6 nitrogen and oxygen atoms in total. The maximum absolute atomic E-state index is 11.9. The van der Waals surface area contributed by atoms with Crippen LogP contribution in [0, 0.1) is 6.92 Å². The molecule has 102 valence electrons. The van der Waals surface area contributed by atoms with Crippen molar-refractivity contribution in [3.8, 4) is 0 Å². The topological polar surface area (TPSA) is 91.3 Å². The standard InChI is InChI=1S/C14H13N3O3/c1-9-4-2-6-11(13(18)19)12(9)17-14(20)16-10-5-3-7-15-8-10/h2-8H,1H3,(H,18,19)(H2,16,17,20). The summed E-state index contributed by atoms with van der Waals surface area (Å²) in [4.78, 5) is 26.9. The van der Waals surface area contributed by atoms with Crippen molar-refractivity contribution in [3.05, 3.63) is 53.9 Å². The minimum absolute atomic E-state index is 0.0475. The van der Waals surface area contributed by atoms with Crippen LogP contribution in [0.15, 0.2) is 42.7 Å². The summed E-state index contributed by atoms with van der Waals surface area (Å²) >= 11 is 0. The Kier molecular flexibility index (Phi) is 3.95. The number of anilines is 2. The molecule has 0 bridgehead atoms. The minimum atomic E-state index is -1.09. The van der Waals surface area contributed by atoms with Crippen LogP contribution in [0.2, 0.25) is 0 Å². The molecule has 2 amide bonds. The van der Waals surface area contributed by atoms with Gasteiger partial charge in [0.1, 0.15) is 0 Å². The summed E-state index contributed by atoms with van der Waals surface area (Å²) in [5.41, 5.74) is 1.52. The first-order valence-electron chi connectivity index (χ1n) is 5.89. The zero-order valence-electron chi connectivity index (χ0n) is 10.8.